The maximum absolute atomic E-state index is 2.48. The Morgan fingerprint density at radius 2 is 1.67 bits per heavy atom. The normalized spacial score (nSPS) is 21.2. The van der Waals surface area contributed by atoms with Crippen molar-refractivity contribution in [3.05, 3.63) is 82.9 Å². The van der Waals surface area contributed by atoms with E-state index in [0.717, 1.165) is 6.42 Å². The summed E-state index contributed by atoms with van der Waals surface area (Å²) < 4.78 is 0. The van der Waals surface area contributed by atoms with Gasteiger partial charge in [-0.2, -0.15) is 0 Å². The zero-order valence-corrected chi connectivity index (χ0v) is 14.4. The van der Waals surface area contributed by atoms with Crippen molar-refractivity contribution >= 4 is 10.8 Å². The van der Waals surface area contributed by atoms with Gasteiger partial charge in [0.05, 0.1) is 0 Å². The summed E-state index contributed by atoms with van der Waals surface area (Å²) in [4.78, 5) is 0. The van der Waals surface area contributed by atoms with Gasteiger partial charge in [-0.05, 0) is 71.7 Å². The quantitative estimate of drug-likeness (QED) is 0.418. The van der Waals surface area contributed by atoms with Gasteiger partial charge in [0, 0.05) is 5.41 Å². The van der Waals surface area contributed by atoms with Crippen LogP contribution < -0.4 is 0 Å². The van der Waals surface area contributed by atoms with Crippen molar-refractivity contribution < 1.29 is 0 Å². The predicted octanol–water partition coefficient (Wildman–Crippen LogP) is 6.46. The van der Waals surface area contributed by atoms with Crippen molar-refractivity contribution in [2.24, 2.45) is 0 Å². The Kier molecular flexibility index (Phi) is 2.83. The summed E-state index contributed by atoms with van der Waals surface area (Å²) in [7, 11) is 0. The highest BCUT2D eigenvalue weighted by atomic mass is 14.5. The zero-order valence-electron chi connectivity index (χ0n) is 14.4. The number of rotatable bonds is 0. The molecule has 1 spiro atoms. The van der Waals surface area contributed by atoms with E-state index < -0.39 is 0 Å². The van der Waals surface area contributed by atoms with E-state index in [-0.39, 0.29) is 5.41 Å². The molecule has 0 radical (unpaired) electrons. The molecule has 0 saturated heterocycles. The first-order valence-electron chi connectivity index (χ1n) is 9.00. The van der Waals surface area contributed by atoms with E-state index in [1.807, 2.05) is 0 Å². The van der Waals surface area contributed by atoms with E-state index >= 15 is 0 Å². The van der Waals surface area contributed by atoms with Gasteiger partial charge in [0.25, 0.3) is 0 Å². The second kappa shape index (κ2) is 4.83. The molecular weight excluding hydrogens is 288 g/mol. The van der Waals surface area contributed by atoms with Gasteiger partial charge in [0.1, 0.15) is 0 Å². The van der Waals surface area contributed by atoms with Crippen LogP contribution in [0.1, 0.15) is 41.5 Å². The van der Waals surface area contributed by atoms with Crippen molar-refractivity contribution in [1.29, 1.82) is 0 Å². The molecule has 118 valence electrons. The fraction of sp³-hybridized carbons (Fsp3) is 0.250. The molecule has 0 aromatic heterocycles. The number of allylic oxidation sites excluding steroid dienone is 2. The van der Waals surface area contributed by atoms with Crippen molar-refractivity contribution in [3.8, 4) is 11.1 Å². The molecule has 0 heterocycles. The van der Waals surface area contributed by atoms with Gasteiger partial charge in [-0.3, -0.25) is 0 Å². The standard InChI is InChI=1S/C24H22/c1-16-10-11-20-21(14-16)24(12-6-3-7-13-24)22-15-17(2)18-8-4-5-9-19(18)23(20)22/h3-6,8-11,14-15H,7,12-13H2,1-2H3. The van der Waals surface area contributed by atoms with E-state index in [1.165, 1.54) is 45.9 Å². The Balaban J connectivity index is 1.96. The highest BCUT2D eigenvalue weighted by Crippen LogP contribution is 2.56. The van der Waals surface area contributed by atoms with E-state index in [4.69, 9.17) is 0 Å². The summed E-state index contributed by atoms with van der Waals surface area (Å²) in [6.07, 6.45) is 8.29. The lowest BCUT2D eigenvalue weighted by Crippen LogP contribution is -2.26. The third-order valence-corrected chi connectivity index (χ3v) is 6.10. The lowest BCUT2D eigenvalue weighted by Gasteiger charge is -2.34. The third kappa shape index (κ3) is 1.69. The Morgan fingerprint density at radius 3 is 2.46 bits per heavy atom. The topological polar surface area (TPSA) is 0 Å². The first-order chi connectivity index (χ1) is 11.7. The smallest absolute Gasteiger partial charge is 0.0252 e. The van der Waals surface area contributed by atoms with Crippen molar-refractivity contribution in [1.82, 2.24) is 0 Å². The molecule has 0 N–H and O–H groups in total. The van der Waals surface area contributed by atoms with Crippen LogP contribution >= 0.6 is 0 Å². The first kappa shape index (κ1) is 14.0. The van der Waals surface area contributed by atoms with E-state index in [1.54, 1.807) is 11.1 Å². The number of hydrogen-bond acceptors (Lipinski definition) is 0. The van der Waals surface area contributed by atoms with Crippen LogP contribution in [0.5, 0.6) is 0 Å². The monoisotopic (exact) mass is 310 g/mol. The van der Waals surface area contributed by atoms with E-state index in [0.29, 0.717) is 0 Å². The van der Waals surface area contributed by atoms with Crippen LogP contribution in [0, 0.1) is 13.8 Å². The van der Waals surface area contributed by atoms with Gasteiger partial charge in [0.2, 0.25) is 0 Å². The van der Waals surface area contributed by atoms with Crippen LogP contribution in [0.25, 0.3) is 21.9 Å². The minimum atomic E-state index is 0.181. The van der Waals surface area contributed by atoms with Crippen molar-refractivity contribution in [3.63, 3.8) is 0 Å². The zero-order chi connectivity index (χ0) is 16.3. The molecule has 5 rings (SSSR count). The molecule has 2 aliphatic rings. The summed E-state index contributed by atoms with van der Waals surface area (Å²) in [5.74, 6) is 0. The lowest BCUT2D eigenvalue weighted by atomic mass is 9.69. The number of aryl methyl sites for hydroxylation is 2. The Labute approximate surface area is 143 Å². The van der Waals surface area contributed by atoms with Crippen LogP contribution in [0.4, 0.5) is 0 Å². The molecule has 0 fully saturated rings. The lowest BCUT2D eigenvalue weighted by molar-refractivity contribution is 0.476. The average Bonchev–Trinajstić information content (AvgIpc) is 2.86. The molecule has 0 heteroatoms. The largest absolute Gasteiger partial charge is 0.0885 e. The molecule has 0 amide bonds. The fourth-order valence-electron chi connectivity index (χ4n) is 4.96. The molecule has 3 aromatic rings. The summed E-state index contributed by atoms with van der Waals surface area (Å²) in [6, 6.07) is 18.5. The van der Waals surface area contributed by atoms with Gasteiger partial charge in [-0.1, -0.05) is 66.2 Å². The van der Waals surface area contributed by atoms with Gasteiger partial charge < -0.3 is 0 Å². The van der Waals surface area contributed by atoms with Crippen molar-refractivity contribution in [2.75, 3.05) is 0 Å². The van der Waals surface area contributed by atoms with Crippen LogP contribution in [0.15, 0.2) is 60.7 Å². The number of hydrogen-bond donors (Lipinski definition) is 0. The predicted molar refractivity (Wildman–Crippen MR) is 103 cm³/mol. The maximum Gasteiger partial charge on any atom is 0.0252 e. The minimum Gasteiger partial charge on any atom is -0.0885 e. The Hall–Kier alpha value is -2.34. The van der Waals surface area contributed by atoms with E-state index in [9.17, 15) is 0 Å². The summed E-state index contributed by atoms with van der Waals surface area (Å²) >= 11 is 0. The molecular formula is C24H22. The minimum absolute atomic E-state index is 0.181. The first-order valence-corrected chi connectivity index (χ1v) is 9.00. The van der Waals surface area contributed by atoms with Crippen LogP contribution in [-0.2, 0) is 5.41 Å². The van der Waals surface area contributed by atoms with Gasteiger partial charge in [-0.15, -0.1) is 0 Å². The second-order valence-electron chi connectivity index (χ2n) is 7.51. The molecule has 0 nitrogen and oxygen atoms in total. The average molecular weight is 310 g/mol. The SMILES string of the molecule is Cc1ccc2c(c1)C1(CC=CCC1)c1cc(C)c3ccccc3c1-2. The van der Waals surface area contributed by atoms with Gasteiger partial charge >= 0.3 is 0 Å². The van der Waals surface area contributed by atoms with Gasteiger partial charge in [0.15, 0.2) is 0 Å². The third-order valence-electron chi connectivity index (χ3n) is 6.10. The highest BCUT2D eigenvalue weighted by molar-refractivity contribution is 6.04. The molecule has 1 unspecified atom stereocenters. The molecule has 0 saturated carbocycles. The molecule has 24 heavy (non-hydrogen) atoms. The maximum atomic E-state index is 2.48. The summed E-state index contributed by atoms with van der Waals surface area (Å²) in [6.45, 7) is 4.49. The summed E-state index contributed by atoms with van der Waals surface area (Å²) in [5, 5.41) is 2.82. The molecule has 3 aromatic carbocycles. The molecule has 2 aliphatic carbocycles. The van der Waals surface area contributed by atoms with Crippen LogP contribution in [0.2, 0.25) is 0 Å². The van der Waals surface area contributed by atoms with Crippen LogP contribution in [0.3, 0.4) is 0 Å². The Morgan fingerprint density at radius 1 is 0.833 bits per heavy atom. The fourth-order valence-corrected chi connectivity index (χ4v) is 4.96. The molecule has 0 aliphatic heterocycles. The van der Waals surface area contributed by atoms with E-state index in [2.05, 4.69) is 74.5 Å². The van der Waals surface area contributed by atoms with Gasteiger partial charge in [-0.25, -0.2) is 0 Å². The number of benzene rings is 3. The van der Waals surface area contributed by atoms with Crippen molar-refractivity contribution in [2.45, 2.75) is 38.5 Å². The highest BCUT2D eigenvalue weighted by Gasteiger charge is 2.43. The second-order valence-corrected chi connectivity index (χ2v) is 7.51. The molecule has 1 atom stereocenters. The summed E-state index contributed by atoms with van der Waals surface area (Å²) in [5.41, 5.74) is 9.02. The Bertz CT molecular complexity index is 1010. The molecule has 0 bridgehead atoms. The number of fused-ring (bicyclic) bond motifs is 7. The van der Waals surface area contributed by atoms with Crippen LogP contribution in [-0.4, -0.2) is 0 Å².